The molecule has 3 atom stereocenters. The summed E-state index contributed by atoms with van der Waals surface area (Å²) in [6.45, 7) is 0. The van der Waals surface area contributed by atoms with Gasteiger partial charge in [-0.15, -0.1) is 0 Å². The molecule has 2 N–H and O–H groups in total. The Morgan fingerprint density at radius 2 is 1.93 bits per heavy atom. The predicted molar refractivity (Wildman–Crippen MR) is 54.1 cm³/mol. The molecule has 3 saturated carbocycles. The molecule has 1 amide bonds. The van der Waals surface area contributed by atoms with Crippen molar-refractivity contribution in [1.82, 2.24) is 10.6 Å². The van der Waals surface area contributed by atoms with Crippen LogP contribution in [-0.4, -0.2) is 30.8 Å². The van der Waals surface area contributed by atoms with Crippen molar-refractivity contribution in [2.45, 2.75) is 31.3 Å². The maximum absolute atomic E-state index is 11.8. The number of hydrogen-bond acceptors (Lipinski definition) is 3. The maximum Gasteiger partial charge on any atom is 0.289 e. The van der Waals surface area contributed by atoms with Crippen LogP contribution in [0.25, 0.3) is 0 Å². The number of fused-ring (bicyclic) bond motifs is 1. The highest BCUT2D eigenvalue weighted by Gasteiger charge is 2.67. The number of nitrogens with one attached hydrogen (secondary N) is 2. The largest absolute Gasteiger partial charge is 0.347 e. The summed E-state index contributed by atoms with van der Waals surface area (Å²) in [5.74, 6) is 1.28. The van der Waals surface area contributed by atoms with Crippen LogP contribution in [0.2, 0.25) is 0 Å². The van der Waals surface area contributed by atoms with Crippen molar-refractivity contribution in [1.29, 1.82) is 0 Å². The first-order chi connectivity index (χ1) is 7.22. The Kier molecular flexibility index (Phi) is 1.89. The molecule has 0 aromatic heterocycles. The second kappa shape index (κ2) is 3.04. The molecule has 3 aliphatic rings. The molecule has 0 bridgehead atoms. The number of amides is 1. The van der Waals surface area contributed by atoms with E-state index in [0.717, 1.165) is 24.7 Å². The van der Waals surface area contributed by atoms with E-state index in [9.17, 15) is 9.59 Å². The van der Waals surface area contributed by atoms with E-state index < -0.39 is 0 Å². The van der Waals surface area contributed by atoms with E-state index in [2.05, 4.69) is 10.6 Å². The molecular weight excluding hydrogens is 192 g/mol. The highest BCUT2D eigenvalue weighted by Crippen LogP contribution is 2.69. The number of hydrogen-bond donors (Lipinski definition) is 2. The van der Waals surface area contributed by atoms with Crippen LogP contribution in [0, 0.1) is 17.8 Å². The molecule has 82 valence electrons. The summed E-state index contributed by atoms with van der Waals surface area (Å²) in [6, 6.07) is 0.0418. The summed E-state index contributed by atoms with van der Waals surface area (Å²) >= 11 is 0. The van der Waals surface area contributed by atoms with E-state index in [0.29, 0.717) is 5.92 Å². The molecule has 0 spiro atoms. The zero-order valence-electron chi connectivity index (χ0n) is 8.82. The first-order valence-corrected chi connectivity index (χ1v) is 5.74. The summed E-state index contributed by atoms with van der Waals surface area (Å²) in [4.78, 5) is 23.4. The lowest BCUT2D eigenvalue weighted by atomic mass is 10.00. The van der Waals surface area contributed by atoms with Crippen molar-refractivity contribution < 1.29 is 9.59 Å². The zero-order valence-corrected chi connectivity index (χ0v) is 8.82. The van der Waals surface area contributed by atoms with E-state index in [4.69, 9.17) is 0 Å². The standard InChI is InChI=1S/C11H16N2O2/c1-12-9(8-6-4-7(6)8)10(14)11(15)13-5-2-3-5/h5-9,12H,2-4H2,1H3,(H,13,15). The molecule has 0 saturated heterocycles. The molecule has 0 heterocycles. The lowest BCUT2D eigenvalue weighted by Gasteiger charge is -2.16. The van der Waals surface area contributed by atoms with Crippen molar-refractivity contribution in [2.75, 3.05) is 7.05 Å². The van der Waals surface area contributed by atoms with Gasteiger partial charge in [0, 0.05) is 6.04 Å². The van der Waals surface area contributed by atoms with Crippen LogP contribution in [0.3, 0.4) is 0 Å². The van der Waals surface area contributed by atoms with Gasteiger partial charge >= 0.3 is 0 Å². The van der Waals surface area contributed by atoms with Crippen LogP contribution in [0.1, 0.15) is 19.3 Å². The molecule has 0 aliphatic heterocycles. The van der Waals surface area contributed by atoms with Crippen molar-refractivity contribution in [3.63, 3.8) is 0 Å². The van der Waals surface area contributed by atoms with Gasteiger partial charge in [0.15, 0.2) is 0 Å². The third-order valence-electron chi connectivity index (χ3n) is 3.85. The molecular formula is C11H16N2O2. The summed E-state index contributed by atoms with van der Waals surface area (Å²) in [7, 11) is 1.77. The maximum atomic E-state index is 11.8. The fourth-order valence-corrected chi connectivity index (χ4v) is 2.45. The van der Waals surface area contributed by atoms with E-state index in [1.807, 2.05) is 0 Å². The first kappa shape index (κ1) is 9.33. The van der Waals surface area contributed by atoms with Crippen molar-refractivity contribution in [2.24, 2.45) is 17.8 Å². The topological polar surface area (TPSA) is 58.2 Å². The number of carbonyl (C=O) groups excluding carboxylic acids is 2. The van der Waals surface area contributed by atoms with E-state index >= 15 is 0 Å². The lowest BCUT2D eigenvalue weighted by molar-refractivity contribution is -0.139. The van der Waals surface area contributed by atoms with Crippen LogP contribution in [0.5, 0.6) is 0 Å². The Bertz CT molecular complexity index is 317. The van der Waals surface area contributed by atoms with E-state index in [-0.39, 0.29) is 23.8 Å². The van der Waals surface area contributed by atoms with Gasteiger partial charge in [-0.25, -0.2) is 0 Å². The quantitative estimate of drug-likeness (QED) is 0.609. The van der Waals surface area contributed by atoms with Gasteiger partial charge in [-0.2, -0.15) is 0 Å². The second-order valence-corrected chi connectivity index (χ2v) is 5.02. The van der Waals surface area contributed by atoms with Gasteiger partial charge in [-0.05, 0) is 44.1 Å². The molecule has 15 heavy (non-hydrogen) atoms. The first-order valence-electron chi connectivity index (χ1n) is 5.74. The SMILES string of the molecule is CNC(C(=O)C(=O)NC1CC1)C1C2CC21. The monoisotopic (exact) mass is 208 g/mol. The van der Waals surface area contributed by atoms with Crippen LogP contribution >= 0.6 is 0 Å². The smallest absolute Gasteiger partial charge is 0.289 e. The van der Waals surface area contributed by atoms with E-state index in [1.54, 1.807) is 7.05 Å². The molecule has 0 radical (unpaired) electrons. The minimum atomic E-state index is -0.386. The number of Topliss-reactive ketones (excluding diaryl/α,β-unsaturated/α-hetero) is 1. The third-order valence-corrected chi connectivity index (χ3v) is 3.85. The van der Waals surface area contributed by atoms with Crippen LogP contribution in [0.4, 0.5) is 0 Å². The Morgan fingerprint density at radius 3 is 2.33 bits per heavy atom. The minimum Gasteiger partial charge on any atom is -0.347 e. The Balaban J connectivity index is 1.58. The van der Waals surface area contributed by atoms with Gasteiger partial charge in [-0.3, -0.25) is 9.59 Å². The second-order valence-electron chi connectivity index (χ2n) is 5.02. The number of rotatable bonds is 5. The summed E-state index contributed by atoms with van der Waals surface area (Å²) in [5, 5.41) is 5.74. The van der Waals surface area contributed by atoms with Gasteiger partial charge in [0.05, 0.1) is 6.04 Å². The van der Waals surface area contributed by atoms with Crippen LogP contribution in [-0.2, 0) is 9.59 Å². The van der Waals surface area contributed by atoms with E-state index in [1.165, 1.54) is 6.42 Å². The third kappa shape index (κ3) is 1.57. The normalized spacial score (nSPS) is 37.8. The summed E-state index contributed by atoms with van der Waals surface area (Å²) in [5.41, 5.74) is 0. The molecule has 4 heteroatoms. The predicted octanol–water partition coefficient (Wildman–Crippen LogP) is -0.312. The van der Waals surface area contributed by atoms with Crippen LogP contribution < -0.4 is 10.6 Å². The molecule has 4 nitrogen and oxygen atoms in total. The van der Waals surface area contributed by atoms with Gasteiger partial charge in [0.2, 0.25) is 5.78 Å². The molecule has 3 fully saturated rings. The Morgan fingerprint density at radius 1 is 1.27 bits per heavy atom. The average Bonchev–Trinajstić information content (AvgIpc) is 3.03. The zero-order chi connectivity index (χ0) is 10.6. The Hall–Kier alpha value is -0.900. The molecule has 0 aromatic carbocycles. The molecule has 3 rings (SSSR count). The van der Waals surface area contributed by atoms with Gasteiger partial charge in [-0.1, -0.05) is 0 Å². The van der Waals surface area contributed by atoms with Crippen LogP contribution in [0.15, 0.2) is 0 Å². The fraction of sp³-hybridized carbons (Fsp3) is 0.818. The fourth-order valence-electron chi connectivity index (χ4n) is 2.45. The number of likely N-dealkylation sites (N-methyl/N-ethyl adjacent to an activating group) is 1. The molecule has 0 aromatic rings. The van der Waals surface area contributed by atoms with Crippen molar-refractivity contribution in [3.8, 4) is 0 Å². The number of carbonyl (C=O) groups is 2. The highest BCUT2D eigenvalue weighted by molar-refractivity contribution is 6.38. The number of ketones is 1. The summed E-state index contributed by atoms with van der Waals surface area (Å²) in [6.07, 6.45) is 3.32. The average molecular weight is 208 g/mol. The molecule has 3 unspecified atom stereocenters. The van der Waals surface area contributed by atoms with Gasteiger partial charge < -0.3 is 10.6 Å². The Labute approximate surface area is 88.8 Å². The van der Waals surface area contributed by atoms with Gasteiger partial charge in [0.25, 0.3) is 5.91 Å². The van der Waals surface area contributed by atoms with Gasteiger partial charge in [0.1, 0.15) is 0 Å². The van der Waals surface area contributed by atoms with Crippen molar-refractivity contribution >= 4 is 11.7 Å². The summed E-state index contributed by atoms with van der Waals surface area (Å²) < 4.78 is 0. The lowest BCUT2D eigenvalue weighted by Crippen LogP contribution is -2.47. The minimum absolute atomic E-state index is 0.229. The van der Waals surface area contributed by atoms with Crippen molar-refractivity contribution in [3.05, 3.63) is 0 Å². The molecule has 3 aliphatic carbocycles. The highest BCUT2D eigenvalue weighted by atomic mass is 16.2.